The number of hydrogen-bond acceptors (Lipinski definition) is 3. The van der Waals surface area contributed by atoms with Gasteiger partial charge in [-0.2, -0.15) is 0 Å². The standard InChI is InChI=1S/C16H14OS2/c1-13(17)18-12-6-5-9-15-10-11-16(19-15)14-7-3-2-4-8-14/h2-4,7-8,10-11H,6,12H2,1H3. The van der Waals surface area contributed by atoms with E-state index in [0.717, 1.165) is 17.1 Å². The Labute approximate surface area is 122 Å². The summed E-state index contributed by atoms with van der Waals surface area (Å²) in [6.45, 7) is 1.59. The molecule has 0 aliphatic rings. The number of carbonyl (C=O) groups excluding carboxylic acids is 1. The van der Waals surface area contributed by atoms with Gasteiger partial charge in [0.1, 0.15) is 0 Å². The van der Waals surface area contributed by atoms with E-state index >= 15 is 0 Å². The van der Waals surface area contributed by atoms with Crippen molar-refractivity contribution in [1.29, 1.82) is 0 Å². The number of hydrogen-bond donors (Lipinski definition) is 0. The molecule has 1 aromatic heterocycles. The lowest BCUT2D eigenvalue weighted by atomic mass is 10.2. The molecule has 0 saturated heterocycles. The van der Waals surface area contributed by atoms with Gasteiger partial charge >= 0.3 is 0 Å². The molecule has 0 bridgehead atoms. The first-order valence-electron chi connectivity index (χ1n) is 6.03. The molecule has 1 nitrogen and oxygen atoms in total. The van der Waals surface area contributed by atoms with Gasteiger partial charge in [0, 0.05) is 24.0 Å². The van der Waals surface area contributed by atoms with Gasteiger partial charge in [0.2, 0.25) is 0 Å². The number of thioether (sulfide) groups is 1. The maximum absolute atomic E-state index is 10.8. The van der Waals surface area contributed by atoms with Gasteiger partial charge in [0.25, 0.3) is 0 Å². The van der Waals surface area contributed by atoms with Crippen LogP contribution in [0.4, 0.5) is 0 Å². The smallest absolute Gasteiger partial charge is 0.185 e. The minimum atomic E-state index is 0.157. The lowest BCUT2D eigenvalue weighted by molar-refractivity contribution is -0.109. The Balaban J connectivity index is 1.95. The minimum Gasteiger partial charge on any atom is -0.288 e. The van der Waals surface area contributed by atoms with Crippen LogP contribution in [0.5, 0.6) is 0 Å². The molecule has 19 heavy (non-hydrogen) atoms. The van der Waals surface area contributed by atoms with Gasteiger partial charge in [-0.1, -0.05) is 53.9 Å². The lowest BCUT2D eigenvalue weighted by Crippen LogP contribution is -1.83. The maximum Gasteiger partial charge on any atom is 0.185 e. The summed E-state index contributed by atoms with van der Waals surface area (Å²) in [5.74, 6) is 7.04. The molecule has 96 valence electrons. The molecule has 0 atom stereocenters. The molecule has 0 spiro atoms. The molecule has 0 aliphatic heterocycles. The van der Waals surface area contributed by atoms with E-state index in [1.165, 1.54) is 22.2 Å². The van der Waals surface area contributed by atoms with E-state index in [9.17, 15) is 4.79 Å². The van der Waals surface area contributed by atoms with E-state index in [2.05, 4.69) is 36.1 Å². The van der Waals surface area contributed by atoms with E-state index in [1.807, 2.05) is 18.2 Å². The van der Waals surface area contributed by atoms with Crippen molar-refractivity contribution in [2.24, 2.45) is 0 Å². The van der Waals surface area contributed by atoms with Crippen LogP contribution in [0.2, 0.25) is 0 Å². The molecule has 2 aromatic rings. The van der Waals surface area contributed by atoms with Crippen molar-refractivity contribution in [2.75, 3.05) is 5.75 Å². The van der Waals surface area contributed by atoms with E-state index in [-0.39, 0.29) is 5.12 Å². The van der Waals surface area contributed by atoms with Crippen LogP contribution in [-0.2, 0) is 4.79 Å². The molecule has 3 heteroatoms. The summed E-state index contributed by atoms with van der Waals surface area (Å²) in [6, 6.07) is 14.5. The highest BCUT2D eigenvalue weighted by Gasteiger charge is 1.99. The molecule has 0 fully saturated rings. The minimum absolute atomic E-state index is 0.157. The van der Waals surface area contributed by atoms with E-state index in [1.54, 1.807) is 18.3 Å². The summed E-state index contributed by atoms with van der Waals surface area (Å²) in [4.78, 5) is 13.1. The summed E-state index contributed by atoms with van der Waals surface area (Å²) in [5.41, 5.74) is 1.23. The largest absolute Gasteiger partial charge is 0.288 e. The zero-order valence-electron chi connectivity index (χ0n) is 10.7. The van der Waals surface area contributed by atoms with Gasteiger partial charge in [-0.25, -0.2) is 0 Å². The summed E-state index contributed by atoms with van der Waals surface area (Å²) in [5, 5.41) is 0.157. The van der Waals surface area contributed by atoms with Gasteiger partial charge in [-0.3, -0.25) is 4.79 Å². The Morgan fingerprint density at radius 2 is 2.00 bits per heavy atom. The fourth-order valence-electron chi connectivity index (χ4n) is 1.56. The molecule has 1 aromatic carbocycles. The average Bonchev–Trinajstić information content (AvgIpc) is 2.88. The highest BCUT2D eigenvalue weighted by atomic mass is 32.2. The molecular formula is C16H14OS2. The predicted octanol–water partition coefficient (Wildman–Crippen LogP) is 4.44. The van der Waals surface area contributed by atoms with Crippen molar-refractivity contribution in [3.05, 3.63) is 47.3 Å². The normalized spacial score (nSPS) is 9.74. The van der Waals surface area contributed by atoms with E-state index < -0.39 is 0 Å². The van der Waals surface area contributed by atoms with Crippen molar-refractivity contribution in [2.45, 2.75) is 13.3 Å². The summed E-state index contributed by atoms with van der Waals surface area (Å²) < 4.78 is 0. The van der Waals surface area contributed by atoms with E-state index in [4.69, 9.17) is 0 Å². The highest BCUT2D eigenvalue weighted by molar-refractivity contribution is 8.13. The van der Waals surface area contributed by atoms with Crippen LogP contribution in [-0.4, -0.2) is 10.9 Å². The maximum atomic E-state index is 10.8. The number of thiophene rings is 1. The van der Waals surface area contributed by atoms with Gasteiger partial charge in [-0.05, 0) is 17.7 Å². The Morgan fingerprint density at radius 1 is 1.21 bits per heavy atom. The molecule has 0 N–H and O–H groups in total. The first-order valence-corrected chi connectivity index (χ1v) is 7.83. The number of rotatable bonds is 3. The topological polar surface area (TPSA) is 17.1 Å². The molecular weight excluding hydrogens is 272 g/mol. The third-order valence-corrected chi connectivity index (χ3v) is 4.27. The summed E-state index contributed by atoms with van der Waals surface area (Å²) >= 11 is 3.03. The third kappa shape index (κ3) is 4.59. The average molecular weight is 286 g/mol. The zero-order valence-corrected chi connectivity index (χ0v) is 12.3. The molecule has 0 radical (unpaired) electrons. The molecule has 1 heterocycles. The van der Waals surface area contributed by atoms with Gasteiger partial charge in [0.05, 0.1) is 4.88 Å². The van der Waals surface area contributed by atoms with Crippen LogP contribution in [0, 0.1) is 11.8 Å². The van der Waals surface area contributed by atoms with Crippen LogP contribution in [0.3, 0.4) is 0 Å². The van der Waals surface area contributed by atoms with Crippen molar-refractivity contribution < 1.29 is 4.79 Å². The van der Waals surface area contributed by atoms with Crippen molar-refractivity contribution >= 4 is 28.2 Å². The van der Waals surface area contributed by atoms with Crippen molar-refractivity contribution in [1.82, 2.24) is 0 Å². The van der Waals surface area contributed by atoms with Crippen LogP contribution >= 0.6 is 23.1 Å². The Hall–Kier alpha value is -1.50. The van der Waals surface area contributed by atoms with Crippen LogP contribution < -0.4 is 0 Å². The Morgan fingerprint density at radius 3 is 2.74 bits per heavy atom. The lowest BCUT2D eigenvalue weighted by Gasteiger charge is -1.93. The fourth-order valence-corrected chi connectivity index (χ4v) is 2.94. The quantitative estimate of drug-likeness (QED) is 0.613. The van der Waals surface area contributed by atoms with Crippen molar-refractivity contribution in [3.8, 4) is 22.3 Å². The monoisotopic (exact) mass is 286 g/mol. The first-order chi connectivity index (χ1) is 9.25. The second-order valence-electron chi connectivity index (χ2n) is 3.92. The SMILES string of the molecule is CC(=O)SCCC#Cc1ccc(-c2ccccc2)s1. The highest BCUT2D eigenvalue weighted by Crippen LogP contribution is 2.27. The fraction of sp³-hybridized carbons (Fsp3) is 0.188. The van der Waals surface area contributed by atoms with Crippen LogP contribution in [0.1, 0.15) is 18.2 Å². The van der Waals surface area contributed by atoms with Crippen LogP contribution in [0.15, 0.2) is 42.5 Å². The first kappa shape index (κ1) is 13.9. The number of carbonyl (C=O) groups is 1. The van der Waals surface area contributed by atoms with Gasteiger partial charge < -0.3 is 0 Å². The third-order valence-electron chi connectivity index (χ3n) is 2.41. The van der Waals surface area contributed by atoms with Gasteiger partial charge in [-0.15, -0.1) is 11.3 Å². The van der Waals surface area contributed by atoms with Crippen LogP contribution in [0.25, 0.3) is 10.4 Å². The summed E-state index contributed by atoms with van der Waals surface area (Å²) in [6.07, 6.45) is 0.753. The second-order valence-corrected chi connectivity index (χ2v) is 6.28. The molecule has 0 aliphatic carbocycles. The second kappa shape index (κ2) is 7.18. The molecule has 0 unspecified atom stereocenters. The van der Waals surface area contributed by atoms with Gasteiger partial charge in [0.15, 0.2) is 5.12 Å². The Bertz CT molecular complexity index is 602. The number of benzene rings is 1. The van der Waals surface area contributed by atoms with E-state index in [0.29, 0.717) is 0 Å². The predicted molar refractivity (Wildman–Crippen MR) is 84.4 cm³/mol. The Kier molecular flexibility index (Phi) is 5.26. The molecule has 0 saturated carbocycles. The zero-order chi connectivity index (χ0) is 13.5. The van der Waals surface area contributed by atoms with Crippen molar-refractivity contribution in [3.63, 3.8) is 0 Å². The summed E-state index contributed by atoms with van der Waals surface area (Å²) in [7, 11) is 0. The molecule has 2 rings (SSSR count). The molecule has 0 amide bonds.